The minimum atomic E-state index is -0.448. The van der Waals surface area contributed by atoms with Gasteiger partial charge in [0.15, 0.2) is 0 Å². The molecule has 0 spiro atoms. The van der Waals surface area contributed by atoms with Gasteiger partial charge in [-0.05, 0) is 75.0 Å². The fourth-order valence-electron chi connectivity index (χ4n) is 5.40. The molecule has 0 amide bonds. The standard InChI is InChI=1S/C20H32O3/c1-12(2)19(21)23-20(13(3)4)22-6-5-18-16-8-14-7-15(10-16)11-17(18)9-14/h13-18,20H,1,5-11H2,2-4H3. The Morgan fingerprint density at radius 2 is 1.65 bits per heavy atom. The van der Waals surface area contributed by atoms with Crippen LogP contribution in [-0.2, 0) is 14.3 Å². The molecule has 1 unspecified atom stereocenters. The molecule has 23 heavy (non-hydrogen) atoms. The zero-order valence-corrected chi connectivity index (χ0v) is 14.9. The van der Waals surface area contributed by atoms with Gasteiger partial charge in [0.1, 0.15) is 0 Å². The first kappa shape index (κ1) is 17.0. The van der Waals surface area contributed by atoms with Crippen LogP contribution in [-0.4, -0.2) is 18.9 Å². The molecule has 0 aliphatic heterocycles. The van der Waals surface area contributed by atoms with Crippen molar-refractivity contribution in [1.29, 1.82) is 0 Å². The third-order valence-corrected chi connectivity index (χ3v) is 6.27. The van der Waals surface area contributed by atoms with Gasteiger partial charge in [-0.3, -0.25) is 0 Å². The predicted octanol–water partition coefficient (Wildman–Crippen LogP) is 4.57. The zero-order chi connectivity index (χ0) is 16.6. The summed E-state index contributed by atoms with van der Waals surface area (Å²) in [7, 11) is 0. The van der Waals surface area contributed by atoms with Crippen LogP contribution in [0.2, 0.25) is 0 Å². The second-order valence-corrected chi connectivity index (χ2v) is 8.55. The van der Waals surface area contributed by atoms with Crippen molar-refractivity contribution in [3.63, 3.8) is 0 Å². The average Bonchev–Trinajstić information content (AvgIpc) is 2.47. The molecule has 3 nitrogen and oxygen atoms in total. The number of carbonyl (C=O) groups is 1. The summed E-state index contributed by atoms with van der Waals surface area (Å²) in [6, 6.07) is 0. The summed E-state index contributed by atoms with van der Waals surface area (Å²) in [5.41, 5.74) is 0.431. The highest BCUT2D eigenvalue weighted by atomic mass is 16.7. The second-order valence-electron chi connectivity index (χ2n) is 8.55. The minimum Gasteiger partial charge on any atom is -0.432 e. The van der Waals surface area contributed by atoms with Crippen LogP contribution >= 0.6 is 0 Å². The summed E-state index contributed by atoms with van der Waals surface area (Å²) in [4.78, 5) is 11.7. The highest BCUT2D eigenvalue weighted by Crippen LogP contribution is 2.57. The molecule has 0 aromatic heterocycles. The molecule has 0 saturated heterocycles. The van der Waals surface area contributed by atoms with E-state index in [9.17, 15) is 4.79 Å². The fraction of sp³-hybridized carbons (Fsp3) is 0.850. The van der Waals surface area contributed by atoms with Crippen LogP contribution in [0.15, 0.2) is 12.2 Å². The lowest BCUT2D eigenvalue weighted by Gasteiger charge is -2.54. The van der Waals surface area contributed by atoms with E-state index in [0.717, 1.165) is 36.0 Å². The largest absolute Gasteiger partial charge is 0.432 e. The van der Waals surface area contributed by atoms with Crippen LogP contribution in [0.25, 0.3) is 0 Å². The Hall–Kier alpha value is -0.830. The van der Waals surface area contributed by atoms with E-state index in [1.165, 1.54) is 32.1 Å². The number of ether oxygens (including phenoxy) is 2. The molecule has 0 radical (unpaired) electrons. The normalized spacial score (nSPS) is 36.3. The Bertz CT molecular complexity index is 426. The number of hydrogen-bond donors (Lipinski definition) is 0. The van der Waals surface area contributed by atoms with Crippen LogP contribution in [0.4, 0.5) is 0 Å². The summed E-state index contributed by atoms with van der Waals surface area (Å²) in [6.07, 6.45) is 8.00. The highest BCUT2D eigenvalue weighted by Gasteiger charge is 2.47. The Labute approximate surface area is 140 Å². The lowest BCUT2D eigenvalue weighted by Crippen LogP contribution is -2.45. The third-order valence-electron chi connectivity index (χ3n) is 6.27. The van der Waals surface area contributed by atoms with Gasteiger partial charge in [0.05, 0.1) is 6.61 Å². The van der Waals surface area contributed by atoms with Gasteiger partial charge >= 0.3 is 5.97 Å². The Morgan fingerprint density at radius 1 is 1.09 bits per heavy atom. The first-order valence-corrected chi connectivity index (χ1v) is 9.42. The molecule has 3 heteroatoms. The first-order chi connectivity index (χ1) is 10.9. The second kappa shape index (κ2) is 6.96. The maximum absolute atomic E-state index is 11.7. The van der Waals surface area contributed by atoms with Crippen molar-refractivity contribution in [1.82, 2.24) is 0 Å². The lowest BCUT2D eigenvalue weighted by atomic mass is 9.51. The summed E-state index contributed by atoms with van der Waals surface area (Å²) in [6.45, 7) is 10.1. The maximum Gasteiger partial charge on any atom is 0.335 e. The van der Waals surface area contributed by atoms with Gasteiger partial charge in [-0.25, -0.2) is 4.79 Å². The van der Waals surface area contributed by atoms with Crippen molar-refractivity contribution < 1.29 is 14.3 Å². The van der Waals surface area contributed by atoms with E-state index >= 15 is 0 Å². The summed E-state index contributed by atoms with van der Waals surface area (Å²) in [5, 5.41) is 0. The molecular formula is C20H32O3. The van der Waals surface area contributed by atoms with Gasteiger partial charge < -0.3 is 9.47 Å². The third kappa shape index (κ3) is 3.81. The van der Waals surface area contributed by atoms with E-state index in [0.29, 0.717) is 12.2 Å². The van der Waals surface area contributed by atoms with Gasteiger partial charge in [0, 0.05) is 11.5 Å². The van der Waals surface area contributed by atoms with E-state index < -0.39 is 6.29 Å². The molecule has 4 bridgehead atoms. The van der Waals surface area contributed by atoms with E-state index in [2.05, 4.69) is 6.58 Å². The first-order valence-electron chi connectivity index (χ1n) is 9.42. The van der Waals surface area contributed by atoms with E-state index in [1.807, 2.05) is 13.8 Å². The summed E-state index contributed by atoms with van der Waals surface area (Å²) < 4.78 is 11.4. The van der Waals surface area contributed by atoms with Crippen LogP contribution in [0.5, 0.6) is 0 Å². The molecule has 0 heterocycles. The summed E-state index contributed by atoms with van der Waals surface area (Å²) in [5.74, 6) is 4.57. The molecule has 1 atom stereocenters. The van der Waals surface area contributed by atoms with Crippen molar-refractivity contribution in [3.8, 4) is 0 Å². The molecule has 4 rings (SSSR count). The van der Waals surface area contributed by atoms with Crippen molar-refractivity contribution in [2.45, 2.75) is 65.6 Å². The van der Waals surface area contributed by atoms with Gasteiger partial charge in [0.25, 0.3) is 0 Å². The predicted molar refractivity (Wildman–Crippen MR) is 90.6 cm³/mol. The average molecular weight is 320 g/mol. The molecule has 130 valence electrons. The molecule has 0 N–H and O–H groups in total. The number of carbonyl (C=O) groups excluding carboxylic acids is 1. The summed E-state index contributed by atoms with van der Waals surface area (Å²) >= 11 is 0. The van der Waals surface area contributed by atoms with Crippen LogP contribution < -0.4 is 0 Å². The highest BCUT2D eigenvalue weighted by molar-refractivity contribution is 5.87. The van der Waals surface area contributed by atoms with Crippen molar-refractivity contribution in [2.24, 2.45) is 35.5 Å². The SMILES string of the molecule is C=C(C)C(=O)OC(OCCC1C2CC3CC(C2)CC1C3)C(C)C. The molecule has 0 aromatic carbocycles. The minimum absolute atomic E-state index is 0.164. The number of esters is 1. The monoisotopic (exact) mass is 320 g/mol. The van der Waals surface area contributed by atoms with Gasteiger partial charge in [-0.1, -0.05) is 20.4 Å². The molecule has 4 aliphatic rings. The Kier molecular flexibility index (Phi) is 5.15. The lowest BCUT2D eigenvalue weighted by molar-refractivity contribution is -0.187. The maximum atomic E-state index is 11.7. The van der Waals surface area contributed by atoms with Crippen molar-refractivity contribution in [2.75, 3.05) is 6.61 Å². The van der Waals surface area contributed by atoms with Crippen LogP contribution in [0, 0.1) is 35.5 Å². The van der Waals surface area contributed by atoms with Crippen molar-refractivity contribution >= 4 is 5.97 Å². The number of hydrogen-bond acceptors (Lipinski definition) is 3. The topological polar surface area (TPSA) is 35.5 Å². The quantitative estimate of drug-likeness (QED) is 0.392. The van der Waals surface area contributed by atoms with Gasteiger partial charge in [0.2, 0.25) is 6.29 Å². The Morgan fingerprint density at radius 3 is 2.13 bits per heavy atom. The van der Waals surface area contributed by atoms with Crippen LogP contribution in [0.3, 0.4) is 0 Å². The molecular weight excluding hydrogens is 288 g/mol. The molecule has 4 aliphatic carbocycles. The van der Waals surface area contributed by atoms with Gasteiger partial charge in [-0.2, -0.15) is 0 Å². The van der Waals surface area contributed by atoms with Gasteiger partial charge in [-0.15, -0.1) is 0 Å². The zero-order valence-electron chi connectivity index (χ0n) is 14.9. The molecule has 0 aromatic rings. The van der Waals surface area contributed by atoms with E-state index in [4.69, 9.17) is 9.47 Å². The van der Waals surface area contributed by atoms with E-state index in [1.54, 1.807) is 6.92 Å². The molecule has 4 saturated carbocycles. The Balaban J connectivity index is 1.48. The fourth-order valence-corrected chi connectivity index (χ4v) is 5.40. The van der Waals surface area contributed by atoms with Crippen molar-refractivity contribution in [3.05, 3.63) is 12.2 Å². The molecule has 4 fully saturated rings. The number of rotatable bonds is 7. The smallest absolute Gasteiger partial charge is 0.335 e. The van der Waals surface area contributed by atoms with Crippen LogP contribution in [0.1, 0.15) is 59.3 Å². The van der Waals surface area contributed by atoms with E-state index in [-0.39, 0.29) is 11.9 Å².